The number of carbonyl (C=O) groups is 2. The van der Waals surface area contributed by atoms with Crippen molar-refractivity contribution in [2.24, 2.45) is 17.3 Å². The van der Waals surface area contributed by atoms with E-state index in [4.69, 9.17) is 19.2 Å². The van der Waals surface area contributed by atoms with Gasteiger partial charge in [-0.2, -0.15) is 0 Å². The molecular weight excluding hydrogens is 464 g/mol. The lowest BCUT2D eigenvalue weighted by atomic mass is 9.72. The number of aliphatic hydroxyl groups excluding tert-OH is 2. The summed E-state index contributed by atoms with van der Waals surface area (Å²) in [5.74, 6) is -1.46. The number of ether oxygens (including phenoxy) is 1. The molecule has 3 heterocycles. The first-order valence-corrected chi connectivity index (χ1v) is 13.5. The number of nitrogens with zero attached hydrogens (tertiary/aromatic N) is 1. The second-order valence-electron chi connectivity index (χ2n) is 11.3. The topological polar surface area (TPSA) is 112 Å². The molecule has 3 N–H and O–H groups in total. The molecule has 0 spiro atoms. The third kappa shape index (κ3) is 6.59. The Morgan fingerprint density at radius 3 is 2.71 bits per heavy atom. The van der Waals surface area contributed by atoms with Gasteiger partial charge in [-0.3, -0.25) is 9.59 Å². The Bertz CT molecular complexity index is 1030. The Morgan fingerprint density at radius 1 is 1.34 bits per heavy atom. The number of epoxide rings is 1. The molecule has 1 amide bonds. The number of ketones is 1. The third-order valence-electron chi connectivity index (χ3n) is 7.91. The molecule has 1 aromatic rings. The molecular formula is C27H42N2O5S. The molecule has 0 radical (unpaired) electrons. The number of aryl methyl sites for hydroxylation is 1. The van der Waals surface area contributed by atoms with Gasteiger partial charge in [0.25, 0.3) is 0 Å². The molecule has 7 nitrogen and oxygen atoms in total. The van der Waals surface area contributed by atoms with Gasteiger partial charge in [0.1, 0.15) is 5.78 Å². The number of aromatic nitrogens is 1. The molecule has 0 saturated carbocycles. The summed E-state index contributed by atoms with van der Waals surface area (Å²) in [5.41, 5.74) is 0.0333. The predicted molar refractivity (Wildman–Crippen MR) is 138 cm³/mol. The van der Waals surface area contributed by atoms with E-state index in [2.05, 4.69) is 11.9 Å². The highest BCUT2D eigenvalue weighted by Crippen LogP contribution is 2.44. The second kappa shape index (κ2) is 10.8. The number of aliphatic hydroxyl groups is 2. The summed E-state index contributed by atoms with van der Waals surface area (Å²) in [7, 11) is 0. The lowest BCUT2D eigenvalue weighted by Gasteiger charge is -2.34. The molecule has 2 aliphatic heterocycles. The van der Waals surface area contributed by atoms with E-state index in [1.165, 1.54) is 11.3 Å². The summed E-state index contributed by atoms with van der Waals surface area (Å²) in [4.78, 5) is 31.5. The molecule has 196 valence electrons. The monoisotopic (exact) mass is 509 g/mol. The van der Waals surface area contributed by atoms with Crippen LogP contribution >= 0.6 is 11.3 Å². The molecule has 2 fully saturated rings. The third-order valence-corrected chi connectivity index (χ3v) is 8.70. The van der Waals surface area contributed by atoms with Crippen LogP contribution in [0, 0.1) is 24.2 Å². The highest BCUT2D eigenvalue weighted by Gasteiger charge is 2.52. The average Bonchev–Trinajstić information content (AvgIpc) is 3.31. The van der Waals surface area contributed by atoms with Gasteiger partial charge in [-0.1, -0.05) is 34.1 Å². The maximum absolute atomic E-state index is 13.6. The normalized spacial score (nSPS) is 38.9. The van der Waals surface area contributed by atoms with Gasteiger partial charge in [-0.25, -0.2) is 4.98 Å². The van der Waals surface area contributed by atoms with Crippen LogP contribution in [0.1, 0.15) is 84.3 Å². The van der Waals surface area contributed by atoms with Crippen LogP contribution in [0.2, 0.25) is 1.41 Å². The molecule has 2 aliphatic rings. The summed E-state index contributed by atoms with van der Waals surface area (Å²) in [6.07, 6.45) is 2.64. The summed E-state index contributed by atoms with van der Waals surface area (Å²) >= 11 is 1.54. The van der Waals surface area contributed by atoms with E-state index in [1.807, 2.05) is 32.2 Å². The SMILES string of the molecule is [2H]OC1CC(=O)N([2H])[C@H](/C(C)=C/c2csc(C)n2)CC2O[C@]2(C)CCCC(C)[C@H](O[2H])C(C)C(=O)C1(C)C. The first-order valence-electron chi connectivity index (χ1n) is 13.9. The van der Waals surface area contributed by atoms with Gasteiger partial charge < -0.3 is 20.3 Å². The fourth-order valence-electron chi connectivity index (χ4n) is 5.09. The van der Waals surface area contributed by atoms with Gasteiger partial charge in [0.15, 0.2) is 1.41 Å². The quantitative estimate of drug-likeness (QED) is 0.528. The van der Waals surface area contributed by atoms with Crippen LogP contribution in [0.15, 0.2) is 11.0 Å². The number of rotatable bonds is 4. The van der Waals surface area contributed by atoms with E-state index in [1.54, 1.807) is 20.8 Å². The molecule has 7 atom stereocenters. The van der Waals surface area contributed by atoms with Gasteiger partial charge in [-0.05, 0) is 51.2 Å². The van der Waals surface area contributed by atoms with E-state index in [0.29, 0.717) is 6.42 Å². The molecule has 2 saturated heterocycles. The van der Waals surface area contributed by atoms with Crippen molar-refractivity contribution in [1.82, 2.24) is 10.3 Å². The van der Waals surface area contributed by atoms with Crippen molar-refractivity contribution in [2.75, 3.05) is 0 Å². The minimum absolute atomic E-state index is 0.0452. The largest absolute Gasteiger partial charge is 0.392 e. The number of nitrogens with one attached hydrogen (secondary N) is 1. The van der Waals surface area contributed by atoms with E-state index in [9.17, 15) is 9.59 Å². The lowest BCUT2D eigenvalue weighted by Crippen LogP contribution is -2.47. The Kier molecular flexibility index (Phi) is 7.33. The van der Waals surface area contributed by atoms with E-state index in [0.717, 1.165) is 40.8 Å². The first-order chi connectivity index (χ1) is 17.7. The van der Waals surface area contributed by atoms with E-state index < -0.39 is 35.5 Å². The van der Waals surface area contributed by atoms with Gasteiger partial charge >= 0.3 is 0 Å². The first kappa shape index (κ1) is 23.8. The number of carbonyl (C=O) groups excluding carboxylic acids is 2. The summed E-state index contributed by atoms with van der Waals surface area (Å²) in [6.45, 7) is 12.9. The standard InChI is InChI=1S/C27H42N2O5S/c1-15-9-8-10-27(7)22(34-27)12-20(16(2)11-19-14-35-18(4)28-19)29-23(31)13-21(30)26(5,6)25(33)17(3)24(15)32/h11,14-15,17,20-22,24,30,32H,8-10,12-13H2,1-7H3,(H,29,31)/b16-11+/t15?,17?,20-,21?,22?,24-,27+/m0/s1/i30D,32D/hD. The van der Waals surface area contributed by atoms with Crippen molar-refractivity contribution in [3.63, 3.8) is 0 Å². The van der Waals surface area contributed by atoms with Crippen LogP contribution in [0.4, 0.5) is 0 Å². The average molecular weight is 510 g/mol. The molecule has 0 aromatic carbocycles. The van der Waals surface area contributed by atoms with Crippen LogP contribution in [-0.2, 0) is 14.3 Å². The van der Waals surface area contributed by atoms with Crippen molar-refractivity contribution in [3.05, 3.63) is 21.7 Å². The zero-order valence-electron chi connectivity index (χ0n) is 25.0. The van der Waals surface area contributed by atoms with Crippen molar-refractivity contribution < 1.29 is 26.0 Å². The maximum Gasteiger partial charge on any atom is 0.223 e. The van der Waals surface area contributed by atoms with Gasteiger partial charge in [-0.15, -0.1) is 11.3 Å². The smallest absolute Gasteiger partial charge is 0.223 e. The number of fused-ring (bicyclic) bond motifs is 1. The number of amides is 1. The molecule has 1 aromatic heterocycles. The molecule has 0 bridgehead atoms. The van der Waals surface area contributed by atoms with Gasteiger partial charge in [0.2, 0.25) is 8.77 Å². The van der Waals surface area contributed by atoms with E-state index >= 15 is 0 Å². The van der Waals surface area contributed by atoms with Crippen molar-refractivity contribution >= 4 is 29.1 Å². The highest BCUT2D eigenvalue weighted by molar-refractivity contribution is 7.09. The number of hydrogen-bond donors (Lipinski definition) is 3. The second-order valence-corrected chi connectivity index (χ2v) is 12.3. The summed E-state index contributed by atoms with van der Waals surface area (Å²) < 4.78 is 30.3. The molecule has 0 aliphatic carbocycles. The molecule has 35 heavy (non-hydrogen) atoms. The van der Waals surface area contributed by atoms with Crippen LogP contribution in [0.25, 0.3) is 6.08 Å². The Morgan fingerprint density at radius 2 is 2.09 bits per heavy atom. The Balaban J connectivity index is 1.95. The highest BCUT2D eigenvalue weighted by atomic mass is 32.1. The molecule has 3 rings (SSSR count). The van der Waals surface area contributed by atoms with E-state index in [-0.39, 0.29) is 29.8 Å². The number of hydrogen-bond acceptors (Lipinski definition) is 7. The number of Topliss-reactive ketones (excluding diaryl/α,β-unsaturated/α-hetero) is 1. The van der Waals surface area contributed by atoms with Crippen LogP contribution in [0.5, 0.6) is 0 Å². The van der Waals surface area contributed by atoms with Crippen molar-refractivity contribution in [2.45, 2.75) is 111 Å². The molecule has 8 heteroatoms. The van der Waals surface area contributed by atoms with Crippen LogP contribution in [0.3, 0.4) is 0 Å². The summed E-state index contributed by atoms with van der Waals surface area (Å²) in [5, 5.41) is 13.8. The van der Waals surface area contributed by atoms with Gasteiger partial charge in [0.05, 0.1) is 52.5 Å². The minimum atomic E-state index is -1.21. The zero-order chi connectivity index (χ0) is 28.4. The van der Waals surface area contributed by atoms with Crippen molar-refractivity contribution in [3.8, 4) is 0 Å². The minimum Gasteiger partial charge on any atom is -0.392 e. The lowest BCUT2D eigenvalue weighted by molar-refractivity contribution is -0.143. The fraction of sp³-hybridized carbons (Fsp3) is 0.741. The zero-order valence-corrected chi connectivity index (χ0v) is 22.8. The van der Waals surface area contributed by atoms with Gasteiger partial charge in [0, 0.05) is 17.7 Å². The Labute approximate surface area is 217 Å². The Hall–Kier alpha value is -1.61. The molecule has 4 unspecified atom stereocenters. The van der Waals surface area contributed by atoms with Crippen LogP contribution in [-0.4, -0.2) is 59.7 Å². The van der Waals surface area contributed by atoms with Crippen molar-refractivity contribution in [1.29, 1.82) is 2.86 Å². The predicted octanol–water partition coefficient (Wildman–Crippen LogP) is 4.05. The van der Waals surface area contributed by atoms with Crippen LogP contribution < -0.4 is 5.31 Å². The fourth-order valence-corrected chi connectivity index (χ4v) is 5.66. The number of thiazole rings is 1. The summed E-state index contributed by atoms with van der Waals surface area (Å²) in [6, 6.07) is -0.562. The maximum atomic E-state index is 13.6.